The van der Waals surface area contributed by atoms with Crippen LogP contribution in [0.5, 0.6) is 11.5 Å². The average Bonchev–Trinajstić information content (AvgIpc) is 2.63. The Hall–Kier alpha value is -3.40. The van der Waals surface area contributed by atoms with Crippen molar-refractivity contribution in [3.63, 3.8) is 0 Å². The standard InChI is InChI=1S/C21H16FNO2/c22-17-8-6-7-16(15-17)13-14-21(24)23-19-11-4-5-12-20(19)25-18-9-2-1-3-10-18/h1-15H,(H,23,24)/b14-13+. The molecule has 0 aliphatic carbocycles. The number of benzene rings is 3. The van der Waals surface area contributed by atoms with Crippen LogP contribution in [0.4, 0.5) is 10.1 Å². The third-order valence-corrected chi connectivity index (χ3v) is 3.39. The summed E-state index contributed by atoms with van der Waals surface area (Å²) < 4.78 is 18.9. The number of anilines is 1. The summed E-state index contributed by atoms with van der Waals surface area (Å²) in [5.74, 6) is 0.554. The fraction of sp³-hybridized carbons (Fsp3) is 0. The van der Waals surface area contributed by atoms with Gasteiger partial charge in [-0.2, -0.15) is 0 Å². The van der Waals surface area contributed by atoms with Crippen molar-refractivity contribution in [3.05, 3.63) is 96.3 Å². The molecule has 0 heterocycles. The number of ether oxygens (including phenoxy) is 1. The van der Waals surface area contributed by atoms with Gasteiger partial charge in [-0.1, -0.05) is 42.5 Å². The molecule has 1 amide bonds. The molecule has 0 aliphatic heterocycles. The van der Waals surface area contributed by atoms with Crippen LogP contribution in [-0.4, -0.2) is 5.91 Å². The van der Waals surface area contributed by atoms with Gasteiger partial charge in [0.1, 0.15) is 11.6 Å². The summed E-state index contributed by atoms with van der Waals surface area (Å²) in [5, 5.41) is 2.77. The van der Waals surface area contributed by atoms with E-state index in [2.05, 4.69) is 5.32 Å². The number of halogens is 1. The highest BCUT2D eigenvalue weighted by Gasteiger charge is 2.06. The molecule has 25 heavy (non-hydrogen) atoms. The molecule has 0 atom stereocenters. The van der Waals surface area contributed by atoms with Crippen molar-refractivity contribution >= 4 is 17.7 Å². The van der Waals surface area contributed by atoms with Gasteiger partial charge in [-0.15, -0.1) is 0 Å². The third kappa shape index (κ3) is 4.78. The van der Waals surface area contributed by atoms with Gasteiger partial charge in [-0.05, 0) is 48.0 Å². The zero-order chi connectivity index (χ0) is 17.5. The van der Waals surface area contributed by atoms with Crippen LogP contribution in [0, 0.1) is 5.82 Å². The number of hydrogen-bond acceptors (Lipinski definition) is 2. The second kappa shape index (κ2) is 7.93. The Bertz CT molecular complexity index is 891. The van der Waals surface area contributed by atoms with Crippen molar-refractivity contribution in [3.8, 4) is 11.5 Å². The van der Waals surface area contributed by atoms with Crippen molar-refractivity contribution in [1.29, 1.82) is 0 Å². The first-order chi connectivity index (χ1) is 12.2. The van der Waals surface area contributed by atoms with Crippen molar-refractivity contribution in [2.75, 3.05) is 5.32 Å². The zero-order valence-electron chi connectivity index (χ0n) is 13.4. The molecule has 0 bridgehead atoms. The SMILES string of the molecule is O=C(/C=C/c1cccc(F)c1)Nc1ccccc1Oc1ccccc1. The van der Waals surface area contributed by atoms with Gasteiger partial charge in [0.15, 0.2) is 5.75 Å². The molecule has 0 spiro atoms. The topological polar surface area (TPSA) is 38.3 Å². The lowest BCUT2D eigenvalue weighted by molar-refractivity contribution is -0.111. The van der Waals surface area contributed by atoms with E-state index in [1.54, 1.807) is 30.3 Å². The summed E-state index contributed by atoms with van der Waals surface area (Å²) in [6.07, 6.45) is 2.91. The molecule has 4 heteroatoms. The highest BCUT2D eigenvalue weighted by molar-refractivity contribution is 6.02. The lowest BCUT2D eigenvalue weighted by Crippen LogP contribution is -2.08. The van der Waals surface area contributed by atoms with Crippen molar-refractivity contribution in [2.45, 2.75) is 0 Å². The Morgan fingerprint density at radius 1 is 0.920 bits per heavy atom. The second-order valence-electron chi connectivity index (χ2n) is 5.29. The number of rotatable bonds is 5. The van der Waals surface area contributed by atoms with E-state index in [1.165, 1.54) is 18.2 Å². The summed E-state index contributed by atoms with van der Waals surface area (Å²) in [6.45, 7) is 0. The smallest absolute Gasteiger partial charge is 0.248 e. The number of nitrogens with one attached hydrogen (secondary N) is 1. The molecular weight excluding hydrogens is 317 g/mol. The third-order valence-electron chi connectivity index (χ3n) is 3.39. The van der Waals surface area contributed by atoms with Crippen molar-refractivity contribution in [1.82, 2.24) is 0 Å². The van der Waals surface area contributed by atoms with Gasteiger partial charge in [0.05, 0.1) is 5.69 Å². The van der Waals surface area contributed by atoms with E-state index < -0.39 is 0 Å². The largest absolute Gasteiger partial charge is 0.455 e. The molecule has 0 aliphatic rings. The van der Waals surface area contributed by atoms with E-state index in [9.17, 15) is 9.18 Å². The number of carbonyl (C=O) groups excluding carboxylic acids is 1. The van der Waals surface area contributed by atoms with E-state index in [4.69, 9.17) is 4.74 Å². The molecule has 0 aromatic heterocycles. The van der Waals surface area contributed by atoms with Crippen molar-refractivity contribution < 1.29 is 13.9 Å². The Morgan fingerprint density at radius 2 is 1.68 bits per heavy atom. The summed E-state index contributed by atoms with van der Waals surface area (Å²) in [4.78, 5) is 12.1. The molecule has 0 saturated carbocycles. The number of amides is 1. The Kier molecular flexibility index (Phi) is 5.22. The lowest BCUT2D eigenvalue weighted by atomic mass is 10.2. The van der Waals surface area contributed by atoms with Gasteiger partial charge in [-0.25, -0.2) is 4.39 Å². The van der Waals surface area contributed by atoms with E-state index in [0.29, 0.717) is 22.7 Å². The maximum absolute atomic E-state index is 13.1. The van der Waals surface area contributed by atoms with E-state index in [1.807, 2.05) is 42.5 Å². The van der Waals surface area contributed by atoms with Gasteiger partial charge in [0, 0.05) is 6.08 Å². The van der Waals surface area contributed by atoms with Crippen LogP contribution in [0.15, 0.2) is 84.9 Å². The van der Waals surface area contributed by atoms with E-state index >= 15 is 0 Å². The Balaban J connectivity index is 1.71. The quantitative estimate of drug-likeness (QED) is 0.646. The average molecular weight is 333 g/mol. The lowest BCUT2D eigenvalue weighted by Gasteiger charge is -2.11. The van der Waals surface area contributed by atoms with Crippen LogP contribution < -0.4 is 10.1 Å². The number of carbonyl (C=O) groups is 1. The first-order valence-corrected chi connectivity index (χ1v) is 7.77. The fourth-order valence-corrected chi connectivity index (χ4v) is 2.23. The number of para-hydroxylation sites is 3. The summed E-state index contributed by atoms with van der Waals surface area (Å²) >= 11 is 0. The van der Waals surface area contributed by atoms with Crippen LogP contribution in [0.1, 0.15) is 5.56 Å². The van der Waals surface area contributed by atoms with Crippen LogP contribution >= 0.6 is 0 Å². The van der Waals surface area contributed by atoms with Gasteiger partial charge in [-0.3, -0.25) is 4.79 Å². The minimum atomic E-state index is -0.343. The molecule has 124 valence electrons. The van der Waals surface area contributed by atoms with Gasteiger partial charge in [0.2, 0.25) is 5.91 Å². The molecule has 3 aromatic carbocycles. The highest BCUT2D eigenvalue weighted by Crippen LogP contribution is 2.29. The minimum absolute atomic E-state index is 0.326. The molecule has 3 aromatic rings. The first kappa shape index (κ1) is 16.5. The molecular formula is C21H16FNO2. The van der Waals surface area contributed by atoms with Gasteiger partial charge in [0.25, 0.3) is 0 Å². The van der Waals surface area contributed by atoms with E-state index in [-0.39, 0.29) is 11.7 Å². The predicted octanol–water partition coefficient (Wildman–Crippen LogP) is 5.27. The summed E-state index contributed by atoms with van der Waals surface area (Å²) in [7, 11) is 0. The summed E-state index contributed by atoms with van der Waals surface area (Å²) in [5.41, 5.74) is 1.17. The molecule has 0 saturated heterocycles. The second-order valence-corrected chi connectivity index (χ2v) is 5.29. The fourth-order valence-electron chi connectivity index (χ4n) is 2.23. The predicted molar refractivity (Wildman–Crippen MR) is 97.0 cm³/mol. The maximum atomic E-state index is 13.1. The normalized spacial score (nSPS) is 10.6. The molecule has 0 radical (unpaired) electrons. The molecule has 0 fully saturated rings. The molecule has 0 unspecified atom stereocenters. The molecule has 1 N–H and O–H groups in total. The van der Waals surface area contributed by atoms with Crippen LogP contribution in [0.3, 0.4) is 0 Å². The van der Waals surface area contributed by atoms with Gasteiger partial charge < -0.3 is 10.1 Å². The first-order valence-electron chi connectivity index (χ1n) is 7.77. The zero-order valence-corrected chi connectivity index (χ0v) is 13.4. The van der Waals surface area contributed by atoms with Gasteiger partial charge >= 0.3 is 0 Å². The van der Waals surface area contributed by atoms with E-state index in [0.717, 1.165) is 0 Å². The van der Waals surface area contributed by atoms with Crippen LogP contribution in [-0.2, 0) is 4.79 Å². The molecule has 3 rings (SSSR count). The highest BCUT2D eigenvalue weighted by atomic mass is 19.1. The maximum Gasteiger partial charge on any atom is 0.248 e. The van der Waals surface area contributed by atoms with Crippen LogP contribution in [0.2, 0.25) is 0 Å². The summed E-state index contributed by atoms with van der Waals surface area (Å²) in [6, 6.07) is 22.5. The van der Waals surface area contributed by atoms with Crippen LogP contribution in [0.25, 0.3) is 6.08 Å². The minimum Gasteiger partial charge on any atom is -0.455 e. The Morgan fingerprint density at radius 3 is 2.48 bits per heavy atom. The van der Waals surface area contributed by atoms with Crippen molar-refractivity contribution in [2.24, 2.45) is 0 Å². The Labute approximate surface area is 145 Å². The molecule has 3 nitrogen and oxygen atoms in total. The monoisotopic (exact) mass is 333 g/mol. The number of hydrogen-bond donors (Lipinski definition) is 1.